The number of halogens is 2. The molecule has 1 rings (SSSR count). The van der Waals surface area contributed by atoms with E-state index in [1.807, 2.05) is 0 Å². The van der Waals surface area contributed by atoms with Gasteiger partial charge >= 0.3 is 0 Å². The fourth-order valence-electron chi connectivity index (χ4n) is 1.01. The first kappa shape index (κ1) is 10.4. The summed E-state index contributed by atoms with van der Waals surface area (Å²) in [5.74, 6) is -1.65. The van der Waals surface area contributed by atoms with Crippen LogP contribution in [0.1, 0.15) is 6.92 Å². The molecule has 1 aliphatic carbocycles. The van der Waals surface area contributed by atoms with E-state index in [1.165, 1.54) is 0 Å². The van der Waals surface area contributed by atoms with Crippen LogP contribution in [0.25, 0.3) is 0 Å². The molecule has 0 saturated heterocycles. The maximum absolute atomic E-state index is 12.7. The molecular formula is C8H8ClFO3. The van der Waals surface area contributed by atoms with Crippen molar-refractivity contribution in [3.8, 4) is 0 Å². The van der Waals surface area contributed by atoms with Gasteiger partial charge in [-0.15, -0.1) is 0 Å². The second-order valence-electron chi connectivity index (χ2n) is 2.86. The number of hydrogen-bond donors (Lipinski definition) is 2. The Bertz CT molecular complexity index is 309. The summed E-state index contributed by atoms with van der Waals surface area (Å²) in [5.41, 5.74) is -2.40. The summed E-state index contributed by atoms with van der Waals surface area (Å²) < 4.78 is 12.7. The molecule has 0 aromatic heterocycles. The van der Waals surface area contributed by atoms with Gasteiger partial charge in [-0.1, -0.05) is 11.6 Å². The van der Waals surface area contributed by atoms with E-state index in [9.17, 15) is 19.4 Å². The van der Waals surface area contributed by atoms with Gasteiger partial charge in [0.05, 0.1) is 0 Å². The predicted molar refractivity (Wildman–Crippen MR) is 44.8 cm³/mol. The van der Waals surface area contributed by atoms with Crippen LogP contribution in [0.4, 0.5) is 4.39 Å². The molecule has 0 aromatic carbocycles. The Morgan fingerprint density at radius 3 is 2.54 bits per heavy atom. The van der Waals surface area contributed by atoms with Crippen LogP contribution in [0.3, 0.4) is 0 Å². The number of aliphatic hydroxyl groups is 2. The Balaban J connectivity index is 3.22. The van der Waals surface area contributed by atoms with E-state index in [-0.39, 0.29) is 0 Å². The summed E-state index contributed by atoms with van der Waals surface area (Å²) in [6.45, 7) is 1.01. The van der Waals surface area contributed by atoms with Crippen LogP contribution in [0.15, 0.2) is 24.1 Å². The molecule has 0 unspecified atom stereocenters. The van der Waals surface area contributed by atoms with Gasteiger partial charge in [-0.3, -0.25) is 4.79 Å². The van der Waals surface area contributed by atoms with Crippen LogP contribution in [0, 0.1) is 0 Å². The van der Waals surface area contributed by atoms with Crippen LogP contribution in [-0.4, -0.2) is 26.7 Å². The Kier molecular flexibility index (Phi) is 2.32. The van der Waals surface area contributed by atoms with Gasteiger partial charge < -0.3 is 10.2 Å². The number of carbonyl (C=O) groups is 1. The molecule has 0 radical (unpaired) electrons. The molecule has 0 spiro atoms. The second-order valence-corrected chi connectivity index (χ2v) is 3.43. The first-order valence-corrected chi connectivity index (χ1v) is 3.90. The zero-order valence-electron chi connectivity index (χ0n) is 6.79. The number of alkyl halides is 1. The van der Waals surface area contributed by atoms with Gasteiger partial charge in [0.2, 0.25) is 0 Å². The molecule has 2 N–H and O–H groups in total. The fourth-order valence-corrected chi connectivity index (χ4v) is 1.27. The van der Waals surface area contributed by atoms with Gasteiger partial charge in [0.1, 0.15) is 5.83 Å². The molecule has 72 valence electrons. The quantitative estimate of drug-likeness (QED) is 0.620. The van der Waals surface area contributed by atoms with Crippen LogP contribution in [0.5, 0.6) is 0 Å². The average molecular weight is 207 g/mol. The van der Waals surface area contributed by atoms with E-state index >= 15 is 0 Å². The third-order valence-corrected chi connectivity index (χ3v) is 2.30. The molecule has 5 heteroatoms. The molecule has 0 saturated carbocycles. The van der Waals surface area contributed by atoms with Crippen molar-refractivity contribution in [2.24, 2.45) is 0 Å². The normalized spacial score (nSPS) is 38.7. The lowest BCUT2D eigenvalue weighted by Crippen LogP contribution is -2.54. The van der Waals surface area contributed by atoms with Gasteiger partial charge in [0, 0.05) is 0 Å². The number of carbonyl (C=O) groups excluding carboxylic acids is 1. The standard InChI is InChI=1S/C8H8ClFO3/c1-5(11)7(12)4-6(10)2-3-8(7,9)13/h2-4,12-13H,1H3/t7-,8+/m0/s1. The van der Waals surface area contributed by atoms with Crippen molar-refractivity contribution in [2.45, 2.75) is 17.6 Å². The summed E-state index contributed by atoms with van der Waals surface area (Å²) >= 11 is 5.43. The van der Waals surface area contributed by atoms with E-state index in [0.29, 0.717) is 6.08 Å². The summed E-state index contributed by atoms with van der Waals surface area (Å²) in [7, 11) is 0. The lowest BCUT2D eigenvalue weighted by molar-refractivity contribution is -0.141. The van der Waals surface area contributed by atoms with Gasteiger partial charge in [0.15, 0.2) is 16.4 Å². The third-order valence-electron chi connectivity index (χ3n) is 1.88. The summed E-state index contributed by atoms with van der Waals surface area (Å²) in [4.78, 5) is 10.9. The van der Waals surface area contributed by atoms with E-state index in [1.54, 1.807) is 0 Å². The minimum Gasteiger partial charge on any atom is -0.374 e. The number of allylic oxidation sites excluding steroid dienone is 2. The molecule has 0 aliphatic heterocycles. The summed E-state index contributed by atoms with van der Waals surface area (Å²) in [6, 6.07) is 0. The average Bonchev–Trinajstić information content (AvgIpc) is 1.98. The number of rotatable bonds is 1. The van der Waals surface area contributed by atoms with Gasteiger partial charge in [-0.25, -0.2) is 4.39 Å². The predicted octanol–water partition coefficient (Wildman–Crippen LogP) is 0.657. The maximum atomic E-state index is 12.7. The lowest BCUT2D eigenvalue weighted by atomic mass is 9.88. The van der Waals surface area contributed by atoms with Crippen LogP contribution in [-0.2, 0) is 4.79 Å². The monoisotopic (exact) mass is 206 g/mol. The fraction of sp³-hybridized carbons (Fsp3) is 0.375. The molecule has 1 aliphatic rings. The molecule has 13 heavy (non-hydrogen) atoms. The lowest BCUT2D eigenvalue weighted by Gasteiger charge is -2.34. The molecule has 2 atom stereocenters. The highest BCUT2D eigenvalue weighted by atomic mass is 35.5. The zero-order chi connectivity index (χ0) is 10.3. The molecule has 0 bridgehead atoms. The number of Topliss-reactive ketones (excluding diaryl/α,β-unsaturated/α-hetero) is 1. The second kappa shape index (κ2) is 2.90. The largest absolute Gasteiger partial charge is 0.374 e. The van der Waals surface area contributed by atoms with Crippen molar-refractivity contribution in [1.29, 1.82) is 0 Å². The van der Waals surface area contributed by atoms with E-state index < -0.39 is 22.3 Å². The van der Waals surface area contributed by atoms with Crippen LogP contribution < -0.4 is 0 Å². The Hall–Kier alpha value is -0.710. The third kappa shape index (κ3) is 1.52. The Labute approximate surface area is 79.1 Å². The Morgan fingerprint density at radius 1 is 1.62 bits per heavy atom. The van der Waals surface area contributed by atoms with Crippen molar-refractivity contribution in [1.82, 2.24) is 0 Å². The number of ketones is 1. The van der Waals surface area contributed by atoms with Crippen molar-refractivity contribution in [3.63, 3.8) is 0 Å². The van der Waals surface area contributed by atoms with Crippen LogP contribution >= 0.6 is 11.6 Å². The minimum atomic E-state index is -2.40. The highest BCUT2D eigenvalue weighted by molar-refractivity contribution is 6.27. The maximum Gasteiger partial charge on any atom is 0.197 e. The number of hydrogen-bond acceptors (Lipinski definition) is 3. The molecular weight excluding hydrogens is 199 g/mol. The first-order chi connectivity index (χ1) is 5.79. The van der Waals surface area contributed by atoms with Gasteiger partial charge in [-0.05, 0) is 25.2 Å². The SMILES string of the molecule is CC(=O)[C@@]1(O)C=C(F)C=C[C@]1(O)Cl. The van der Waals surface area contributed by atoms with E-state index in [0.717, 1.165) is 19.1 Å². The molecule has 0 aromatic rings. The molecule has 0 fully saturated rings. The highest BCUT2D eigenvalue weighted by Crippen LogP contribution is 2.35. The summed E-state index contributed by atoms with van der Waals surface area (Å²) in [6.07, 6.45) is 2.29. The zero-order valence-corrected chi connectivity index (χ0v) is 7.55. The van der Waals surface area contributed by atoms with Crippen molar-refractivity contribution in [3.05, 3.63) is 24.1 Å². The van der Waals surface area contributed by atoms with Crippen molar-refractivity contribution >= 4 is 17.4 Å². The topological polar surface area (TPSA) is 57.5 Å². The van der Waals surface area contributed by atoms with E-state index in [2.05, 4.69) is 0 Å². The molecule has 0 amide bonds. The summed E-state index contributed by atoms with van der Waals surface area (Å²) in [5, 5.41) is 16.6. The highest BCUT2D eigenvalue weighted by Gasteiger charge is 2.50. The minimum absolute atomic E-state index is 0.586. The molecule has 3 nitrogen and oxygen atoms in total. The Morgan fingerprint density at radius 2 is 2.15 bits per heavy atom. The van der Waals surface area contributed by atoms with E-state index in [4.69, 9.17) is 11.6 Å². The van der Waals surface area contributed by atoms with Crippen molar-refractivity contribution in [2.75, 3.05) is 0 Å². The van der Waals surface area contributed by atoms with Crippen molar-refractivity contribution < 1.29 is 19.4 Å². The van der Waals surface area contributed by atoms with Gasteiger partial charge in [-0.2, -0.15) is 0 Å². The smallest absolute Gasteiger partial charge is 0.197 e. The van der Waals surface area contributed by atoms with Gasteiger partial charge in [0.25, 0.3) is 0 Å². The first-order valence-electron chi connectivity index (χ1n) is 3.52. The van der Waals surface area contributed by atoms with Crippen LogP contribution in [0.2, 0.25) is 0 Å². The molecule has 0 heterocycles.